The zero-order chi connectivity index (χ0) is 14.6. The van der Waals surface area contributed by atoms with Gasteiger partial charge in [0.25, 0.3) is 0 Å². The Bertz CT molecular complexity index is 199. The van der Waals surface area contributed by atoms with E-state index in [0.717, 1.165) is 19.4 Å². The minimum absolute atomic E-state index is 0.192. The molecule has 4 N–H and O–H groups in total. The van der Waals surface area contributed by atoms with Crippen molar-refractivity contribution >= 4 is 0 Å². The first-order valence-corrected chi connectivity index (χ1v) is 6.88. The van der Waals surface area contributed by atoms with Crippen molar-refractivity contribution in [3.8, 4) is 0 Å². The van der Waals surface area contributed by atoms with Crippen molar-refractivity contribution < 1.29 is 24.8 Å². The van der Waals surface area contributed by atoms with Gasteiger partial charge in [-0.15, -0.1) is 0 Å². The standard InChI is InChI=1S/C13H29NO5/c1-3-4-5-18-6-7-19-9-12(17)8-14-13(2,10-15)11-16/h12,14-17H,3-11H2,1-2H3. The molecule has 6 nitrogen and oxygen atoms in total. The molecule has 0 aliphatic heterocycles. The Kier molecular flexibility index (Phi) is 11.4. The van der Waals surface area contributed by atoms with E-state index in [9.17, 15) is 5.11 Å². The summed E-state index contributed by atoms with van der Waals surface area (Å²) >= 11 is 0. The third-order valence-electron chi connectivity index (χ3n) is 2.79. The fraction of sp³-hybridized carbons (Fsp3) is 1.00. The van der Waals surface area contributed by atoms with Gasteiger partial charge >= 0.3 is 0 Å². The van der Waals surface area contributed by atoms with Crippen molar-refractivity contribution in [2.24, 2.45) is 0 Å². The Morgan fingerprint density at radius 2 is 1.74 bits per heavy atom. The van der Waals surface area contributed by atoms with E-state index in [1.807, 2.05) is 0 Å². The Morgan fingerprint density at radius 1 is 1.11 bits per heavy atom. The molecule has 1 atom stereocenters. The number of hydrogen-bond donors (Lipinski definition) is 4. The summed E-state index contributed by atoms with van der Waals surface area (Å²) in [5, 5.41) is 30.7. The molecular weight excluding hydrogens is 250 g/mol. The predicted octanol–water partition coefficient (Wildman–Crippen LogP) is -0.486. The van der Waals surface area contributed by atoms with Crippen molar-refractivity contribution in [3.05, 3.63) is 0 Å². The Morgan fingerprint density at radius 3 is 2.32 bits per heavy atom. The van der Waals surface area contributed by atoms with Crippen molar-refractivity contribution in [2.75, 3.05) is 46.2 Å². The van der Waals surface area contributed by atoms with Gasteiger partial charge in [0.1, 0.15) is 0 Å². The second kappa shape index (κ2) is 11.6. The number of aliphatic hydroxyl groups excluding tert-OH is 3. The largest absolute Gasteiger partial charge is 0.394 e. The highest BCUT2D eigenvalue weighted by Gasteiger charge is 2.22. The molecule has 0 rings (SSSR count). The lowest BCUT2D eigenvalue weighted by atomic mass is 10.1. The van der Waals surface area contributed by atoms with Crippen LogP contribution < -0.4 is 5.32 Å². The zero-order valence-corrected chi connectivity index (χ0v) is 12.1. The van der Waals surface area contributed by atoms with Crippen LogP contribution in [0.5, 0.6) is 0 Å². The maximum atomic E-state index is 9.65. The van der Waals surface area contributed by atoms with E-state index in [-0.39, 0.29) is 26.4 Å². The van der Waals surface area contributed by atoms with Crippen LogP contribution in [0.25, 0.3) is 0 Å². The van der Waals surface area contributed by atoms with E-state index in [4.69, 9.17) is 19.7 Å². The molecule has 0 radical (unpaired) electrons. The van der Waals surface area contributed by atoms with Crippen molar-refractivity contribution in [3.63, 3.8) is 0 Å². The average molecular weight is 279 g/mol. The molecule has 6 heteroatoms. The first-order chi connectivity index (χ1) is 9.08. The second-order valence-electron chi connectivity index (χ2n) is 4.95. The third-order valence-corrected chi connectivity index (χ3v) is 2.79. The van der Waals surface area contributed by atoms with Crippen molar-refractivity contribution in [1.82, 2.24) is 5.32 Å². The van der Waals surface area contributed by atoms with Gasteiger partial charge in [0.15, 0.2) is 0 Å². The first-order valence-electron chi connectivity index (χ1n) is 6.88. The van der Waals surface area contributed by atoms with Gasteiger partial charge in [0.2, 0.25) is 0 Å². The summed E-state index contributed by atoms with van der Waals surface area (Å²) in [6.07, 6.45) is 1.49. The van der Waals surface area contributed by atoms with Gasteiger partial charge in [0.05, 0.1) is 44.7 Å². The van der Waals surface area contributed by atoms with E-state index >= 15 is 0 Å². The van der Waals surface area contributed by atoms with Crippen molar-refractivity contribution in [2.45, 2.75) is 38.3 Å². The monoisotopic (exact) mass is 279 g/mol. The number of hydrogen-bond acceptors (Lipinski definition) is 6. The van der Waals surface area contributed by atoms with Crippen LogP contribution in [0.1, 0.15) is 26.7 Å². The molecule has 0 fully saturated rings. The van der Waals surface area contributed by atoms with Crippen LogP contribution in [0.3, 0.4) is 0 Å². The molecule has 0 spiro atoms. The van der Waals surface area contributed by atoms with Gasteiger partial charge < -0.3 is 30.1 Å². The fourth-order valence-corrected chi connectivity index (χ4v) is 1.27. The number of nitrogens with one attached hydrogen (secondary N) is 1. The quantitative estimate of drug-likeness (QED) is 0.340. The minimum atomic E-state index is -0.774. The molecule has 0 aromatic carbocycles. The maximum absolute atomic E-state index is 9.65. The van der Waals surface area contributed by atoms with E-state index in [1.165, 1.54) is 0 Å². The predicted molar refractivity (Wildman–Crippen MR) is 73.1 cm³/mol. The molecule has 0 amide bonds. The number of aliphatic hydroxyl groups is 3. The SMILES string of the molecule is CCCCOCCOCC(O)CNC(C)(CO)CO. The molecular formula is C13H29NO5. The van der Waals surface area contributed by atoms with Gasteiger partial charge in [-0.3, -0.25) is 0 Å². The van der Waals surface area contributed by atoms with Gasteiger partial charge in [-0.2, -0.15) is 0 Å². The number of ether oxygens (including phenoxy) is 2. The lowest BCUT2D eigenvalue weighted by molar-refractivity contribution is -0.00149. The highest BCUT2D eigenvalue weighted by molar-refractivity contribution is 4.82. The average Bonchev–Trinajstić information content (AvgIpc) is 2.44. The normalized spacial score (nSPS) is 13.7. The highest BCUT2D eigenvalue weighted by atomic mass is 16.5. The summed E-state index contributed by atoms with van der Waals surface area (Å²) in [5.41, 5.74) is -0.774. The summed E-state index contributed by atoms with van der Waals surface area (Å²) in [6.45, 7) is 5.60. The smallest absolute Gasteiger partial charge is 0.0897 e. The number of rotatable bonds is 13. The van der Waals surface area contributed by atoms with Crippen LogP contribution in [0.4, 0.5) is 0 Å². The summed E-state index contributed by atoms with van der Waals surface area (Å²) in [5.74, 6) is 0. The molecule has 0 heterocycles. The molecule has 19 heavy (non-hydrogen) atoms. The van der Waals surface area contributed by atoms with Crippen LogP contribution in [-0.2, 0) is 9.47 Å². The van der Waals surface area contributed by atoms with E-state index in [0.29, 0.717) is 13.2 Å². The van der Waals surface area contributed by atoms with E-state index in [1.54, 1.807) is 6.92 Å². The fourth-order valence-electron chi connectivity index (χ4n) is 1.27. The highest BCUT2D eigenvalue weighted by Crippen LogP contribution is 2.00. The second-order valence-corrected chi connectivity index (χ2v) is 4.95. The van der Waals surface area contributed by atoms with E-state index in [2.05, 4.69) is 12.2 Å². The van der Waals surface area contributed by atoms with Crippen LogP contribution >= 0.6 is 0 Å². The maximum Gasteiger partial charge on any atom is 0.0897 e. The third kappa shape index (κ3) is 10.2. The molecule has 0 aromatic heterocycles. The molecule has 1 unspecified atom stereocenters. The van der Waals surface area contributed by atoms with Crippen LogP contribution in [-0.4, -0.2) is 73.1 Å². The molecule has 116 valence electrons. The summed E-state index contributed by atoms with van der Waals surface area (Å²) in [4.78, 5) is 0. The van der Waals surface area contributed by atoms with Gasteiger partial charge in [-0.25, -0.2) is 0 Å². The molecule has 0 bridgehead atoms. The van der Waals surface area contributed by atoms with Gasteiger partial charge in [-0.05, 0) is 13.3 Å². The molecule has 0 aliphatic rings. The molecule has 0 saturated carbocycles. The summed E-state index contributed by atoms with van der Waals surface area (Å²) in [7, 11) is 0. The topological polar surface area (TPSA) is 91.2 Å². The Hall–Kier alpha value is -0.240. The van der Waals surface area contributed by atoms with Crippen molar-refractivity contribution in [1.29, 1.82) is 0 Å². The van der Waals surface area contributed by atoms with Crippen LogP contribution in [0.15, 0.2) is 0 Å². The minimum Gasteiger partial charge on any atom is -0.394 e. The molecule has 0 aromatic rings. The van der Waals surface area contributed by atoms with E-state index < -0.39 is 11.6 Å². The van der Waals surface area contributed by atoms with Gasteiger partial charge in [-0.1, -0.05) is 13.3 Å². The number of unbranched alkanes of at least 4 members (excludes halogenated alkanes) is 1. The summed E-state index contributed by atoms with van der Waals surface area (Å²) in [6, 6.07) is 0. The van der Waals surface area contributed by atoms with Crippen LogP contribution in [0, 0.1) is 0 Å². The lowest BCUT2D eigenvalue weighted by Crippen LogP contribution is -2.52. The molecule has 0 aliphatic carbocycles. The Labute approximate surface area is 115 Å². The lowest BCUT2D eigenvalue weighted by Gasteiger charge is -2.27. The summed E-state index contributed by atoms with van der Waals surface area (Å²) < 4.78 is 10.6. The Balaban J connectivity index is 3.46. The number of β-amino-alcohol motifs (C(OH)–C–C–N with tert-alkyl or cyclic N) is 1. The van der Waals surface area contributed by atoms with Crippen LogP contribution in [0.2, 0.25) is 0 Å². The zero-order valence-electron chi connectivity index (χ0n) is 12.1. The first kappa shape index (κ1) is 18.8. The molecule has 0 saturated heterocycles. The van der Waals surface area contributed by atoms with Gasteiger partial charge in [0, 0.05) is 13.2 Å².